The van der Waals surface area contributed by atoms with E-state index in [4.69, 9.17) is 11.6 Å². The maximum Gasteiger partial charge on any atom is 0.417 e. The van der Waals surface area contributed by atoms with E-state index in [0.717, 1.165) is 6.07 Å². The predicted molar refractivity (Wildman–Crippen MR) is 120 cm³/mol. The molecule has 1 aromatic heterocycles. The van der Waals surface area contributed by atoms with Gasteiger partial charge in [-0.3, -0.25) is 9.36 Å². The molecule has 0 saturated carbocycles. The third-order valence-electron chi connectivity index (χ3n) is 5.86. The summed E-state index contributed by atoms with van der Waals surface area (Å²) in [7, 11) is 0. The summed E-state index contributed by atoms with van der Waals surface area (Å²) >= 11 is 7.44. The number of aromatic nitrogens is 2. The van der Waals surface area contributed by atoms with Crippen molar-refractivity contribution in [3.8, 4) is 0 Å². The summed E-state index contributed by atoms with van der Waals surface area (Å²) in [5.41, 5.74) is -1.06. The fourth-order valence-corrected chi connectivity index (χ4v) is 6.07. The maximum absolute atomic E-state index is 13.8. The number of rotatable bonds is 2. The second kappa shape index (κ2) is 8.30. The summed E-state index contributed by atoms with van der Waals surface area (Å²) in [4.78, 5) is 33.1. The first-order chi connectivity index (χ1) is 15.0. The molecule has 3 heterocycles. The molecule has 2 aromatic rings. The van der Waals surface area contributed by atoms with Gasteiger partial charge in [0.2, 0.25) is 5.91 Å². The molecule has 2 aliphatic heterocycles. The molecular formula is C21H22ClF3N4O2S. The van der Waals surface area contributed by atoms with E-state index in [1.807, 2.05) is 13.8 Å². The molecule has 0 aliphatic carbocycles. The molecule has 1 aromatic carbocycles. The van der Waals surface area contributed by atoms with Gasteiger partial charge in [0.15, 0.2) is 0 Å². The lowest BCUT2D eigenvalue weighted by molar-refractivity contribution is -0.137. The molecule has 0 radical (unpaired) electrons. The van der Waals surface area contributed by atoms with E-state index in [2.05, 4.69) is 11.6 Å². The average molecular weight is 487 g/mol. The summed E-state index contributed by atoms with van der Waals surface area (Å²) in [6.07, 6.45) is -2.79. The Hall–Kier alpha value is -2.20. The zero-order valence-corrected chi connectivity index (χ0v) is 19.1. The first kappa shape index (κ1) is 23.0. The number of nitrogens with zero attached hydrogens (tertiary/aromatic N) is 4. The Morgan fingerprint density at radius 1 is 1.31 bits per heavy atom. The van der Waals surface area contributed by atoms with Gasteiger partial charge in [0.25, 0.3) is 0 Å². The summed E-state index contributed by atoms with van der Waals surface area (Å²) in [5, 5.41) is -0.140. The van der Waals surface area contributed by atoms with Crippen LogP contribution in [-0.2, 0) is 17.5 Å². The fourth-order valence-electron chi connectivity index (χ4n) is 4.59. The molecule has 2 unspecified atom stereocenters. The quantitative estimate of drug-likeness (QED) is 0.596. The van der Waals surface area contributed by atoms with Gasteiger partial charge < -0.3 is 9.80 Å². The van der Waals surface area contributed by atoms with Gasteiger partial charge >= 0.3 is 11.9 Å². The topological polar surface area (TPSA) is 58.4 Å². The lowest BCUT2D eigenvalue weighted by Gasteiger charge is -2.44. The standard InChI is InChI=1S/C21H22ClF3N4O2S/c1-4-15(30)29-11(2)9-27(10-12(29)3)19-13-8-14(21(23,24)25)16(22)18-17(13)28(20(31)26-19)6-5-7-32-18/h4,8,11-12H,1,5-7,9-10H2,2-3H3. The molecule has 0 bridgehead atoms. The van der Waals surface area contributed by atoms with E-state index in [9.17, 15) is 22.8 Å². The number of anilines is 1. The molecular weight excluding hydrogens is 465 g/mol. The van der Waals surface area contributed by atoms with Crippen LogP contribution in [-0.4, -0.2) is 51.3 Å². The van der Waals surface area contributed by atoms with Gasteiger partial charge in [-0.05, 0) is 38.2 Å². The molecule has 11 heteroatoms. The number of carbonyl (C=O) groups excluding carboxylic acids is 1. The number of aryl methyl sites for hydroxylation is 1. The Labute approximate surface area is 192 Å². The number of halogens is 4. The van der Waals surface area contributed by atoms with E-state index in [-0.39, 0.29) is 39.1 Å². The highest BCUT2D eigenvalue weighted by atomic mass is 35.5. The monoisotopic (exact) mass is 486 g/mol. The van der Waals surface area contributed by atoms with Crippen molar-refractivity contribution in [2.45, 2.75) is 50.0 Å². The number of alkyl halides is 3. The van der Waals surface area contributed by atoms with E-state index in [1.165, 1.54) is 22.4 Å². The molecule has 0 N–H and O–H groups in total. The number of hydrogen-bond acceptors (Lipinski definition) is 5. The minimum Gasteiger partial charge on any atom is -0.352 e. The number of amides is 1. The van der Waals surface area contributed by atoms with Crippen molar-refractivity contribution in [1.82, 2.24) is 14.5 Å². The fraction of sp³-hybridized carbons (Fsp3) is 0.476. The average Bonchev–Trinajstić information content (AvgIpc) is 2.94. The van der Waals surface area contributed by atoms with Crippen molar-refractivity contribution in [3.63, 3.8) is 0 Å². The first-order valence-electron chi connectivity index (χ1n) is 10.2. The Morgan fingerprint density at radius 3 is 2.56 bits per heavy atom. The minimum atomic E-state index is -4.65. The van der Waals surface area contributed by atoms with Crippen molar-refractivity contribution >= 4 is 46.0 Å². The zero-order chi connectivity index (χ0) is 23.4. The summed E-state index contributed by atoms with van der Waals surface area (Å²) < 4.78 is 42.9. The predicted octanol–water partition coefficient (Wildman–Crippen LogP) is 4.18. The molecule has 1 fully saturated rings. The molecule has 2 aliphatic rings. The Kier molecular flexibility index (Phi) is 5.96. The van der Waals surface area contributed by atoms with Crippen LogP contribution in [0.15, 0.2) is 28.4 Å². The highest BCUT2D eigenvalue weighted by Gasteiger charge is 2.38. The van der Waals surface area contributed by atoms with Crippen molar-refractivity contribution in [1.29, 1.82) is 0 Å². The molecule has 0 spiro atoms. The largest absolute Gasteiger partial charge is 0.417 e. The van der Waals surface area contributed by atoms with Crippen molar-refractivity contribution in [2.75, 3.05) is 23.7 Å². The van der Waals surface area contributed by atoms with Crippen molar-refractivity contribution < 1.29 is 18.0 Å². The van der Waals surface area contributed by atoms with Crippen LogP contribution in [0.4, 0.5) is 19.0 Å². The van der Waals surface area contributed by atoms with Gasteiger partial charge in [-0.1, -0.05) is 18.2 Å². The lowest BCUT2D eigenvalue weighted by atomic mass is 10.1. The van der Waals surface area contributed by atoms with Crippen LogP contribution in [0.25, 0.3) is 10.9 Å². The molecule has 32 heavy (non-hydrogen) atoms. The second-order valence-electron chi connectivity index (χ2n) is 8.09. The van der Waals surface area contributed by atoms with Crippen LogP contribution in [0.1, 0.15) is 25.8 Å². The van der Waals surface area contributed by atoms with E-state index >= 15 is 0 Å². The van der Waals surface area contributed by atoms with E-state index in [0.29, 0.717) is 37.3 Å². The number of thioether (sulfide) groups is 1. The normalized spacial score (nSPS) is 21.6. The van der Waals surface area contributed by atoms with Crippen LogP contribution in [0.2, 0.25) is 5.02 Å². The zero-order valence-electron chi connectivity index (χ0n) is 17.6. The highest BCUT2D eigenvalue weighted by molar-refractivity contribution is 7.99. The maximum atomic E-state index is 13.8. The summed E-state index contributed by atoms with van der Waals surface area (Å²) in [6.45, 7) is 8.24. The van der Waals surface area contributed by atoms with Gasteiger partial charge in [0.1, 0.15) is 5.82 Å². The van der Waals surface area contributed by atoms with Crippen LogP contribution in [0.5, 0.6) is 0 Å². The van der Waals surface area contributed by atoms with Gasteiger partial charge in [-0.2, -0.15) is 18.2 Å². The van der Waals surface area contributed by atoms with E-state index < -0.39 is 17.4 Å². The number of piperazine rings is 1. The third-order valence-corrected chi connectivity index (χ3v) is 7.55. The van der Waals surface area contributed by atoms with Gasteiger partial charge in [-0.15, -0.1) is 11.8 Å². The van der Waals surface area contributed by atoms with Crippen LogP contribution in [0, 0.1) is 0 Å². The van der Waals surface area contributed by atoms with E-state index in [1.54, 1.807) is 9.80 Å². The molecule has 172 valence electrons. The Balaban J connectivity index is 1.94. The van der Waals surface area contributed by atoms with Crippen molar-refractivity contribution in [2.24, 2.45) is 0 Å². The Bertz CT molecular complexity index is 1150. The number of carbonyl (C=O) groups is 1. The van der Waals surface area contributed by atoms with Crippen LogP contribution >= 0.6 is 23.4 Å². The van der Waals surface area contributed by atoms with Crippen LogP contribution in [0.3, 0.4) is 0 Å². The highest BCUT2D eigenvalue weighted by Crippen LogP contribution is 2.46. The molecule has 4 rings (SSSR count). The molecule has 1 amide bonds. The first-order valence-corrected chi connectivity index (χ1v) is 11.6. The summed E-state index contributed by atoms with van der Waals surface area (Å²) in [5.74, 6) is 0.522. The SMILES string of the molecule is C=CC(=O)N1C(C)CN(c2nc(=O)n3c4c(c(Cl)c(C(F)(F)F)cc24)SCCC3)CC1C. The third kappa shape index (κ3) is 3.77. The lowest BCUT2D eigenvalue weighted by Crippen LogP contribution is -2.58. The number of benzene rings is 1. The second-order valence-corrected chi connectivity index (χ2v) is 9.57. The molecule has 6 nitrogen and oxygen atoms in total. The molecule has 2 atom stereocenters. The van der Waals surface area contributed by atoms with Gasteiger partial charge in [-0.25, -0.2) is 4.79 Å². The van der Waals surface area contributed by atoms with Gasteiger partial charge in [0.05, 0.1) is 21.0 Å². The minimum absolute atomic E-state index is 0.191. The smallest absolute Gasteiger partial charge is 0.352 e. The molecule has 1 saturated heterocycles. The van der Waals surface area contributed by atoms with Gasteiger partial charge in [0, 0.05) is 37.1 Å². The Morgan fingerprint density at radius 2 is 1.97 bits per heavy atom. The summed E-state index contributed by atoms with van der Waals surface area (Å²) in [6, 6.07) is 0.506. The van der Waals surface area contributed by atoms with Crippen molar-refractivity contribution in [3.05, 3.63) is 39.8 Å². The number of hydrogen-bond donors (Lipinski definition) is 0. The van der Waals surface area contributed by atoms with Crippen LogP contribution < -0.4 is 10.6 Å².